The fourth-order valence-electron chi connectivity index (χ4n) is 1.96. The lowest BCUT2D eigenvalue weighted by Crippen LogP contribution is -2.30. The first-order valence-electron chi connectivity index (χ1n) is 6.35. The molecule has 1 rings (SSSR count). The Balaban J connectivity index is 2.88. The number of aromatic nitrogens is 1. The van der Waals surface area contributed by atoms with Gasteiger partial charge in [-0.05, 0) is 39.3 Å². The zero-order chi connectivity index (χ0) is 13.0. The van der Waals surface area contributed by atoms with Crippen molar-refractivity contribution in [1.29, 1.82) is 0 Å². The summed E-state index contributed by atoms with van der Waals surface area (Å²) in [5.74, 6) is 0.604. The summed E-state index contributed by atoms with van der Waals surface area (Å²) in [5.41, 5.74) is 2.01. The molecule has 1 aromatic rings. The largest absolute Gasteiger partial charge is 0.312 e. The van der Waals surface area contributed by atoms with Crippen LogP contribution < -0.4 is 10.9 Å². The molecule has 0 aromatic carbocycles. The minimum absolute atomic E-state index is 0.135. The van der Waals surface area contributed by atoms with Crippen LogP contribution in [0.2, 0.25) is 0 Å². The summed E-state index contributed by atoms with van der Waals surface area (Å²) < 4.78 is 1.85. The highest BCUT2D eigenvalue weighted by molar-refractivity contribution is 5.16. The molecule has 0 fully saturated rings. The Hall–Kier alpha value is -1.09. The zero-order valence-corrected chi connectivity index (χ0v) is 11.6. The molecular formula is C14H24N2O. The van der Waals surface area contributed by atoms with Crippen LogP contribution in [0.25, 0.3) is 0 Å². The van der Waals surface area contributed by atoms with Crippen LogP contribution in [-0.2, 0) is 6.54 Å². The quantitative estimate of drug-likeness (QED) is 0.852. The Morgan fingerprint density at radius 3 is 2.41 bits per heavy atom. The normalized spacial score (nSPS) is 11.5. The molecule has 1 aromatic heterocycles. The van der Waals surface area contributed by atoms with Gasteiger partial charge in [0.2, 0.25) is 0 Å². The highest BCUT2D eigenvalue weighted by atomic mass is 16.1. The van der Waals surface area contributed by atoms with Crippen molar-refractivity contribution < 1.29 is 0 Å². The summed E-state index contributed by atoms with van der Waals surface area (Å²) in [6.07, 6.45) is 0. The predicted octanol–water partition coefficient (Wildman–Crippen LogP) is 2.48. The van der Waals surface area contributed by atoms with E-state index in [1.165, 1.54) is 0 Å². The number of hydrogen-bond acceptors (Lipinski definition) is 2. The Kier molecular flexibility index (Phi) is 4.94. The highest BCUT2D eigenvalue weighted by Crippen LogP contribution is 2.06. The number of rotatable bonds is 5. The molecule has 0 saturated heterocycles. The number of nitrogens with zero attached hydrogens (tertiary/aromatic N) is 1. The maximum atomic E-state index is 12.2. The van der Waals surface area contributed by atoms with E-state index >= 15 is 0 Å². The number of pyridine rings is 1. The van der Waals surface area contributed by atoms with Crippen LogP contribution >= 0.6 is 0 Å². The van der Waals surface area contributed by atoms with Gasteiger partial charge in [-0.3, -0.25) is 4.79 Å². The van der Waals surface area contributed by atoms with Crippen LogP contribution in [0.4, 0.5) is 0 Å². The second-order valence-corrected chi connectivity index (χ2v) is 5.29. The van der Waals surface area contributed by atoms with Crippen LogP contribution in [-0.4, -0.2) is 11.1 Å². The van der Waals surface area contributed by atoms with E-state index in [4.69, 9.17) is 0 Å². The average Bonchev–Trinajstić information content (AvgIpc) is 2.20. The highest BCUT2D eigenvalue weighted by Gasteiger charge is 2.08. The van der Waals surface area contributed by atoms with Gasteiger partial charge in [0.25, 0.3) is 5.56 Å². The van der Waals surface area contributed by atoms with Crippen molar-refractivity contribution in [3.8, 4) is 0 Å². The fraction of sp³-hybridized carbons (Fsp3) is 0.643. The third-order valence-electron chi connectivity index (χ3n) is 2.78. The standard InChI is InChI=1S/C14H24N2O/c1-10(2)8-15-9-13-7-6-12(5)16(11(3)4)14(13)17/h6-7,10-11,15H,8-9H2,1-5H3. The zero-order valence-electron chi connectivity index (χ0n) is 11.6. The predicted molar refractivity (Wildman–Crippen MR) is 72.4 cm³/mol. The Bertz CT molecular complexity index is 419. The van der Waals surface area contributed by atoms with Gasteiger partial charge in [-0.2, -0.15) is 0 Å². The van der Waals surface area contributed by atoms with E-state index in [1.54, 1.807) is 0 Å². The van der Waals surface area contributed by atoms with Crippen LogP contribution in [0.15, 0.2) is 16.9 Å². The first-order chi connectivity index (χ1) is 7.93. The second kappa shape index (κ2) is 6.01. The molecule has 0 bridgehead atoms. The summed E-state index contributed by atoms with van der Waals surface area (Å²) >= 11 is 0. The van der Waals surface area contributed by atoms with E-state index in [0.717, 1.165) is 17.8 Å². The van der Waals surface area contributed by atoms with Crippen molar-refractivity contribution in [2.24, 2.45) is 5.92 Å². The molecule has 0 spiro atoms. The lowest BCUT2D eigenvalue weighted by atomic mass is 10.2. The van der Waals surface area contributed by atoms with Crippen molar-refractivity contribution in [3.63, 3.8) is 0 Å². The summed E-state index contributed by atoms with van der Waals surface area (Å²) in [5, 5.41) is 3.31. The van der Waals surface area contributed by atoms with Crippen molar-refractivity contribution in [2.75, 3.05) is 6.54 Å². The van der Waals surface area contributed by atoms with Gasteiger partial charge in [-0.25, -0.2) is 0 Å². The Morgan fingerprint density at radius 2 is 1.88 bits per heavy atom. The smallest absolute Gasteiger partial charge is 0.255 e. The molecular weight excluding hydrogens is 212 g/mol. The summed E-state index contributed by atoms with van der Waals surface area (Å²) in [6, 6.07) is 4.17. The average molecular weight is 236 g/mol. The van der Waals surface area contributed by atoms with Crippen LogP contribution in [0.3, 0.4) is 0 Å². The van der Waals surface area contributed by atoms with E-state index in [9.17, 15) is 4.79 Å². The Morgan fingerprint density at radius 1 is 1.24 bits per heavy atom. The summed E-state index contributed by atoms with van der Waals surface area (Å²) in [4.78, 5) is 12.2. The number of hydrogen-bond donors (Lipinski definition) is 1. The van der Waals surface area contributed by atoms with Gasteiger partial charge in [-0.1, -0.05) is 19.9 Å². The maximum Gasteiger partial charge on any atom is 0.255 e. The Labute approximate surface area is 104 Å². The third-order valence-corrected chi connectivity index (χ3v) is 2.78. The molecule has 17 heavy (non-hydrogen) atoms. The number of aryl methyl sites for hydroxylation is 1. The van der Waals surface area contributed by atoms with Crippen molar-refractivity contribution in [1.82, 2.24) is 9.88 Å². The monoisotopic (exact) mass is 236 g/mol. The molecule has 1 heterocycles. The van der Waals surface area contributed by atoms with E-state index in [0.29, 0.717) is 12.5 Å². The molecule has 0 unspecified atom stereocenters. The lowest BCUT2D eigenvalue weighted by Gasteiger charge is -2.16. The fourth-order valence-corrected chi connectivity index (χ4v) is 1.96. The van der Waals surface area contributed by atoms with E-state index < -0.39 is 0 Å². The molecule has 96 valence electrons. The topological polar surface area (TPSA) is 34.0 Å². The molecule has 3 nitrogen and oxygen atoms in total. The maximum absolute atomic E-state index is 12.2. The summed E-state index contributed by atoms with van der Waals surface area (Å²) in [7, 11) is 0. The van der Waals surface area contributed by atoms with Gasteiger partial charge in [0, 0.05) is 23.8 Å². The molecule has 0 amide bonds. The van der Waals surface area contributed by atoms with E-state index in [2.05, 4.69) is 19.2 Å². The van der Waals surface area contributed by atoms with Gasteiger partial charge < -0.3 is 9.88 Å². The minimum Gasteiger partial charge on any atom is -0.312 e. The SMILES string of the molecule is Cc1ccc(CNCC(C)C)c(=O)n1C(C)C. The third kappa shape index (κ3) is 3.70. The molecule has 0 saturated carbocycles. The molecule has 0 aliphatic heterocycles. The molecule has 0 radical (unpaired) electrons. The molecule has 0 atom stereocenters. The van der Waals surface area contributed by atoms with Crippen molar-refractivity contribution in [3.05, 3.63) is 33.7 Å². The van der Waals surface area contributed by atoms with Crippen LogP contribution in [0, 0.1) is 12.8 Å². The van der Waals surface area contributed by atoms with Gasteiger partial charge in [0.1, 0.15) is 0 Å². The minimum atomic E-state index is 0.135. The van der Waals surface area contributed by atoms with Crippen molar-refractivity contribution >= 4 is 0 Å². The molecule has 0 aliphatic rings. The molecule has 1 N–H and O–H groups in total. The van der Waals surface area contributed by atoms with E-state index in [1.807, 2.05) is 37.5 Å². The van der Waals surface area contributed by atoms with Gasteiger partial charge >= 0.3 is 0 Å². The first-order valence-corrected chi connectivity index (χ1v) is 6.35. The van der Waals surface area contributed by atoms with Gasteiger partial charge in [0.15, 0.2) is 0 Å². The van der Waals surface area contributed by atoms with Gasteiger partial charge in [0.05, 0.1) is 0 Å². The second-order valence-electron chi connectivity index (χ2n) is 5.29. The molecule has 0 aliphatic carbocycles. The van der Waals surface area contributed by atoms with Crippen LogP contribution in [0.1, 0.15) is 45.0 Å². The van der Waals surface area contributed by atoms with Crippen molar-refractivity contribution in [2.45, 2.75) is 47.2 Å². The summed E-state index contributed by atoms with van der Waals surface area (Å²) in [6.45, 7) is 12.0. The molecule has 3 heteroatoms. The van der Waals surface area contributed by atoms with E-state index in [-0.39, 0.29) is 11.6 Å². The number of nitrogens with one attached hydrogen (secondary N) is 1. The first kappa shape index (κ1) is 14.0. The van der Waals surface area contributed by atoms with Crippen LogP contribution in [0.5, 0.6) is 0 Å². The lowest BCUT2D eigenvalue weighted by molar-refractivity contribution is 0.532. The van der Waals surface area contributed by atoms with Gasteiger partial charge in [-0.15, -0.1) is 0 Å².